The Hall–Kier alpha value is -2.40. The molecule has 0 saturated heterocycles. The second-order valence-electron chi connectivity index (χ2n) is 5.87. The highest BCUT2D eigenvalue weighted by Crippen LogP contribution is 2.14. The lowest BCUT2D eigenvalue weighted by molar-refractivity contribution is -0.131. The highest BCUT2D eigenvalue weighted by molar-refractivity contribution is 5.77. The monoisotopic (exact) mass is 330 g/mol. The number of rotatable bonds is 7. The molecule has 2 rings (SSSR count). The van der Waals surface area contributed by atoms with Crippen LogP contribution in [0.3, 0.4) is 0 Å². The van der Waals surface area contributed by atoms with Crippen molar-refractivity contribution in [2.45, 2.75) is 13.1 Å². The predicted molar refractivity (Wildman–Crippen MR) is 92.2 cm³/mol. The maximum absolute atomic E-state index is 13.7. The van der Waals surface area contributed by atoms with Gasteiger partial charge in [0.2, 0.25) is 5.91 Å². The van der Waals surface area contributed by atoms with Crippen molar-refractivity contribution >= 4 is 5.91 Å². The summed E-state index contributed by atoms with van der Waals surface area (Å²) in [5, 5.41) is 0. The summed E-state index contributed by atoms with van der Waals surface area (Å²) in [6.45, 7) is 1.16. The molecule has 0 aliphatic rings. The Morgan fingerprint density at radius 3 is 2.54 bits per heavy atom. The van der Waals surface area contributed by atoms with Gasteiger partial charge >= 0.3 is 0 Å². The van der Waals surface area contributed by atoms with Gasteiger partial charge in [0, 0.05) is 25.7 Å². The average Bonchev–Trinajstić information content (AvgIpc) is 2.56. The molecular weight excluding hydrogens is 307 g/mol. The van der Waals surface area contributed by atoms with Crippen molar-refractivity contribution in [1.82, 2.24) is 9.80 Å². The summed E-state index contributed by atoms with van der Waals surface area (Å²) in [5.41, 5.74) is 1.59. The van der Waals surface area contributed by atoms with E-state index >= 15 is 0 Å². The molecule has 1 amide bonds. The normalized spacial score (nSPS) is 10.7. The van der Waals surface area contributed by atoms with Crippen molar-refractivity contribution in [3.63, 3.8) is 0 Å². The van der Waals surface area contributed by atoms with Crippen LogP contribution in [0.5, 0.6) is 5.75 Å². The molecule has 0 fully saturated rings. The highest BCUT2D eigenvalue weighted by atomic mass is 19.1. The predicted octanol–water partition coefficient (Wildman–Crippen LogP) is 2.92. The minimum atomic E-state index is -0.290. The number of benzene rings is 2. The molecule has 0 radical (unpaired) electrons. The lowest BCUT2D eigenvalue weighted by atomic mass is 10.2. The summed E-state index contributed by atoms with van der Waals surface area (Å²) in [6, 6.07) is 14.3. The molecule has 0 unspecified atom stereocenters. The zero-order chi connectivity index (χ0) is 17.5. The fraction of sp³-hybridized carbons (Fsp3) is 0.316. The Balaban J connectivity index is 1.89. The number of ether oxygens (including phenoxy) is 1. The van der Waals surface area contributed by atoms with Gasteiger partial charge < -0.3 is 9.64 Å². The first-order chi connectivity index (χ1) is 11.5. The number of carbonyl (C=O) groups excluding carboxylic acids is 1. The van der Waals surface area contributed by atoms with Gasteiger partial charge in [-0.2, -0.15) is 0 Å². The van der Waals surface area contributed by atoms with Gasteiger partial charge in [0.25, 0.3) is 0 Å². The summed E-state index contributed by atoms with van der Waals surface area (Å²) in [7, 11) is 5.20. The zero-order valence-corrected chi connectivity index (χ0v) is 14.3. The molecule has 0 heterocycles. The topological polar surface area (TPSA) is 32.8 Å². The first kappa shape index (κ1) is 17.9. The molecule has 0 aromatic heterocycles. The number of halogens is 1. The number of hydrogen-bond acceptors (Lipinski definition) is 3. The maximum atomic E-state index is 13.7. The van der Waals surface area contributed by atoms with Gasteiger partial charge in [0.15, 0.2) is 0 Å². The second kappa shape index (κ2) is 8.45. The van der Waals surface area contributed by atoms with E-state index in [0.717, 1.165) is 11.3 Å². The highest BCUT2D eigenvalue weighted by Gasteiger charge is 2.14. The summed E-state index contributed by atoms with van der Waals surface area (Å²) in [6.07, 6.45) is 0. The molecule has 24 heavy (non-hydrogen) atoms. The van der Waals surface area contributed by atoms with Crippen LogP contribution in [0.4, 0.5) is 4.39 Å². The van der Waals surface area contributed by atoms with E-state index in [1.165, 1.54) is 6.07 Å². The quantitative estimate of drug-likeness (QED) is 0.782. The third-order valence-electron chi connectivity index (χ3n) is 3.78. The number of amides is 1. The van der Waals surface area contributed by atoms with Crippen LogP contribution in [0.1, 0.15) is 11.1 Å². The van der Waals surface area contributed by atoms with Crippen LogP contribution in [0, 0.1) is 5.82 Å². The van der Waals surface area contributed by atoms with Crippen molar-refractivity contribution in [2.24, 2.45) is 0 Å². The summed E-state index contributed by atoms with van der Waals surface area (Å²) in [5.74, 6) is 0.453. The van der Waals surface area contributed by atoms with Gasteiger partial charge in [-0.3, -0.25) is 9.69 Å². The molecule has 0 aliphatic heterocycles. The van der Waals surface area contributed by atoms with E-state index < -0.39 is 0 Å². The maximum Gasteiger partial charge on any atom is 0.236 e. The lowest BCUT2D eigenvalue weighted by Gasteiger charge is -2.22. The summed E-state index contributed by atoms with van der Waals surface area (Å²) in [4.78, 5) is 15.8. The van der Waals surface area contributed by atoms with Crippen LogP contribution in [0.25, 0.3) is 0 Å². The Bertz CT molecular complexity index is 691. The lowest BCUT2D eigenvalue weighted by Crippen LogP contribution is -2.36. The van der Waals surface area contributed by atoms with Gasteiger partial charge in [-0.05, 0) is 30.8 Å². The smallest absolute Gasteiger partial charge is 0.236 e. The van der Waals surface area contributed by atoms with Crippen molar-refractivity contribution in [2.75, 3.05) is 27.7 Å². The number of likely N-dealkylation sites (N-methyl/N-ethyl adjacent to an activating group) is 2. The van der Waals surface area contributed by atoms with Crippen LogP contribution >= 0.6 is 0 Å². The Morgan fingerprint density at radius 2 is 1.83 bits per heavy atom. The van der Waals surface area contributed by atoms with E-state index in [0.29, 0.717) is 12.1 Å². The second-order valence-corrected chi connectivity index (χ2v) is 5.87. The summed E-state index contributed by atoms with van der Waals surface area (Å²) >= 11 is 0. The molecule has 2 aromatic rings. The third kappa shape index (κ3) is 5.06. The Morgan fingerprint density at radius 1 is 1.08 bits per heavy atom. The largest absolute Gasteiger partial charge is 0.497 e. The molecule has 0 bridgehead atoms. The SMILES string of the molecule is COc1cccc(CN(C)CC(=O)N(C)Cc2ccccc2F)c1. The number of nitrogens with zero attached hydrogens (tertiary/aromatic N) is 2. The van der Waals surface area contributed by atoms with Crippen molar-refractivity contribution < 1.29 is 13.9 Å². The van der Waals surface area contributed by atoms with Crippen LogP contribution < -0.4 is 4.74 Å². The van der Waals surface area contributed by atoms with Gasteiger partial charge in [-0.1, -0.05) is 30.3 Å². The van der Waals surface area contributed by atoms with E-state index in [2.05, 4.69) is 0 Å². The Kier molecular flexibility index (Phi) is 6.32. The van der Waals surface area contributed by atoms with Gasteiger partial charge in [0.1, 0.15) is 11.6 Å². The molecule has 128 valence electrons. The Labute approximate surface area is 142 Å². The molecule has 4 nitrogen and oxygen atoms in total. The number of hydrogen-bond donors (Lipinski definition) is 0. The average molecular weight is 330 g/mol. The molecule has 0 spiro atoms. The molecule has 0 N–H and O–H groups in total. The minimum Gasteiger partial charge on any atom is -0.497 e. The third-order valence-corrected chi connectivity index (χ3v) is 3.78. The van der Waals surface area contributed by atoms with Crippen molar-refractivity contribution in [3.05, 3.63) is 65.5 Å². The molecular formula is C19H23FN2O2. The summed E-state index contributed by atoms with van der Waals surface area (Å²) < 4.78 is 18.9. The molecule has 2 aromatic carbocycles. The van der Waals surface area contributed by atoms with Crippen LogP contribution in [0.15, 0.2) is 48.5 Å². The van der Waals surface area contributed by atoms with Gasteiger partial charge in [0.05, 0.1) is 13.7 Å². The van der Waals surface area contributed by atoms with Crippen LogP contribution in [0.2, 0.25) is 0 Å². The van der Waals surface area contributed by atoms with Gasteiger partial charge in [-0.15, -0.1) is 0 Å². The van der Waals surface area contributed by atoms with Crippen LogP contribution in [-0.2, 0) is 17.9 Å². The standard InChI is InChI=1S/C19H23FN2O2/c1-21(12-15-7-6-9-17(11-15)24-3)14-19(23)22(2)13-16-8-4-5-10-18(16)20/h4-11H,12-14H2,1-3H3. The number of methoxy groups -OCH3 is 1. The van der Waals surface area contributed by atoms with E-state index in [9.17, 15) is 9.18 Å². The number of carbonyl (C=O) groups is 1. The molecule has 0 aliphatic carbocycles. The first-order valence-corrected chi connectivity index (χ1v) is 7.78. The van der Waals surface area contributed by atoms with E-state index in [-0.39, 0.29) is 24.8 Å². The molecule has 5 heteroatoms. The van der Waals surface area contributed by atoms with E-state index in [1.54, 1.807) is 37.3 Å². The van der Waals surface area contributed by atoms with Gasteiger partial charge in [-0.25, -0.2) is 4.39 Å². The van der Waals surface area contributed by atoms with Crippen LogP contribution in [-0.4, -0.2) is 43.5 Å². The molecule has 0 atom stereocenters. The van der Waals surface area contributed by atoms with Crippen molar-refractivity contribution in [1.29, 1.82) is 0 Å². The fourth-order valence-corrected chi connectivity index (χ4v) is 2.46. The minimum absolute atomic E-state index is 0.0522. The first-order valence-electron chi connectivity index (χ1n) is 7.78. The molecule has 0 saturated carbocycles. The fourth-order valence-electron chi connectivity index (χ4n) is 2.46. The van der Waals surface area contributed by atoms with E-state index in [1.807, 2.05) is 36.2 Å². The van der Waals surface area contributed by atoms with E-state index in [4.69, 9.17) is 4.74 Å². The zero-order valence-electron chi connectivity index (χ0n) is 14.3. The van der Waals surface area contributed by atoms with Crippen molar-refractivity contribution in [3.8, 4) is 5.75 Å².